The highest BCUT2D eigenvalue weighted by atomic mass is 16.3. The van der Waals surface area contributed by atoms with Gasteiger partial charge in [0.25, 0.3) is 0 Å². The predicted molar refractivity (Wildman–Crippen MR) is 42.7 cm³/mol. The number of aliphatic hydroxyl groups is 1. The van der Waals surface area contributed by atoms with Crippen molar-refractivity contribution in [1.29, 1.82) is 0 Å². The fourth-order valence-corrected chi connectivity index (χ4v) is 1.82. The van der Waals surface area contributed by atoms with E-state index in [4.69, 9.17) is 5.11 Å². The quantitative estimate of drug-likeness (QED) is 0.591. The van der Waals surface area contributed by atoms with Crippen LogP contribution < -0.4 is 0 Å². The van der Waals surface area contributed by atoms with Gasteiger partial charge in [0.05, 0.1) is 0 Å². The second kappa shape index (κ2) is 3.20. The van der Waals surface area contributed by atoms with E-state index >= 15 is 0 Å². The lowest BCUT2D eigenvalue weighted by molar-refractivity contribution is 0.265. The number of hydrogen-bond acceptors (Lipinski definition) is 1. The zero-order valence-electron chi connectivity index (χ0n) is 6.59. The van der Waals surface area contributed by atoms with E-state index in [1.54, 1.807) is 0 Å². The lowest BCUT2D eigenvalue weighted by Gasteiger charge is -1.89. The first-order chi connectivity index (χ1) is 4.85. The van der Waals surface area contributed by atoms with E-state index in [2.05, 4.69) is 13.5 Å². The molecule has 3 atom stereocenters. The summed E-state index contributed by atoms with van der Waals surface area (Å²) in [4.78, 5) is 0. The lowest BCUT2D eigenvalue weighted by atomic mass is 10.2. The second-order valence-corrected chi connectivity index (χ2v) is 3.11. The zero-order chi connectivity index (χ0) is 7.56. The Kier molecular flexibility index (Phi) is 2.50. The fourth-order valence-electron chi connectivity index (χ4n) is 1.82. The van der Waals surface area contributed by atoms with E-state index in [0.717, 1.165) is 5.92 Å². The minimum Gasteiger partial charge on any atom is -0.396 e. The smallest absolute Gasteiger partial charge is 0.0467 e. The van der Waals surface area contributed by atoms with Gasteiger partial charge in [-0.05, 0) is 24.2 Å². The summed E-state index contributed by atoms with van der Waals surface area (Å²) >= 11 is 0. The molecule has 0 heterocycles. The first kappa shape index (κ1) is 7.80. The third-order valence-electron chi connectivity index (χ3n) is 2.50. The zero-order valence-corrected chi connectivity index (χ0v) is 6.59. The molecule has 0 aromatic carbocycles. The molecular weight excluding hydrogens is 124 g/mol. The van der Waals surface area contributed by atoms with Crippen LogP contribution in [0.15, 0.2) is 12.7 Å². The third-order valence-corrected chi connectivity index (χ3v) is 2.50. The maximum absolute atomic E-state index is 8.86. The fraction of sp³-hybridized carbons (Fsp3) is 0.778. The molecule has 1 fully saturated rings. The highest BCUT2D eigenvalue weighted by molar-refractivity contribution is 5.05. The van der Waals surface area contributed by atoms with E-state index in [1.165, 1.54) is 12.8 Å². The summed E-state index contributed by atoms with van der Waals surface area (Å²) in [6.45, 7) is 6.28. The van der Waals surface area contributed by atoms with Gasteiger partial charge in [0.1, 0.15) is 0 Å². The molecule has 0 aliphatic heterocycles. The van der Waals surface area contributed by atoms with Crippen molar-refractivity contribution in [1.82, 2.24) is 0 Å². The third kappa shape index (κ3) is 1.24. The first-order valence-corrected chi connectivity index (χ1v) is 4.08. The van der Waals surface area contributed by atoms with Crippen LogP contribution in [0.5, 0.6) is 0 Å². The highest BCUT2D eigenvalue weighted by Crippen LogP contribution is 2.49. The van der Waals surface area contributed by atoms with Gasteiger partial charge in [-0.15, -0.1) is 6.58 Å². The summed E-state index contributed by atoms with van der Waals surface area (Å²) in [5.74, 6) is 1.90. The molecule has 1 N–H and O–H groups in total. The molecule has 0 radical (unpaired) electrons. The Hall–Kier alpha value is -0.300. The standard InChI is InChI=1S/C9H16O/c1-3-5-8-7(4-2)9(8)6-10/h4,7-10H,2-3,5-6H2,1H3/t7-,8-,9-/m1/s1. The maximum Gasteiger partial charge on any atom is 0.0467 e. The van der Waals surface area contributed by atoms with E-state index < -0.39 is 0 Å². The highest BCUT2D eigenvalue weighted by Gasteiger charge is 2.45. The summed E-state index contributed by atoms with van der Waals surface area (Å²) in [6, 6.07) is 0. The maximum atomic E-state index is 8.86. The summed E-state index contributed by atoms with van der Waals surface area (Å²) in [5, 5.41) is 8.86. The molecule has 10 heavy (non-hydrogen) atoms. The van der Waals surface area contributed by atoms with Gasteiger partial charge in [-0.2, -0.15) is 0 Å². The van der Waals surface area contributed by atoms with Crippen LogP contribution in [0.25, 0.3) is 0 Å². The van der Waals surface area contributed by atoms with Crippen LogP contribution >= 0.6 is 0 Å². The Labute approximate surface area is 62.8 Å². The van der Waals surface area contributed by atoms with Crippen LogP contribution in [0.4, 0.5) is 0 Å². The van der Waals surface area contributed by atoms with Gasteiger partial charge in [-0.1, -0.05) is 19.4 Å². The van der Waals surface area contributed by atoms with E-state index in [9.17, 15) is 0 Å². The van der Waals surface area contributed by atoms with Crippen LogP contribution in [0, 0.1) is 17.8 Å². The minimum atomic E-state index is 0.349. The predicted octanol–water partition coefficient (Wildman–Crippen LogP) is 1.83. The molecule has 1 nitrogen and oxygen atoms in total. The van der Waals surface area contributed by atoms with E-state index in [0.29, 0.717) is 18.4 Å². The van der Waals surface area contributed by atoms with Crippen molar-refractivity contribution >= 4 is 0 Å². The topological polar surface area (TPSA) is 20.2 Å². The Bertz CT molecular complexity index is 120. The van der Waals surface area contributed by atoms with Crippen molar-refractivity contribution in [3.8, 4) is 0 Å². The van der Waals surface area contributed by atoms with Gasteiger partial charge in [0.2, 0.25) is 0 Å². The van der Waals surface area contributed by atoms with Gasteiger partial charge < -0.3 is 5.11 Å². The van der Waals surface area contributed by atoms with Crippen molar-refractivity contribution in [2.24, 2.45) is 17.8 Å². The molecule has 58 valence electrons. The molecule has 1 heteroatoms. The number of allylic oxidation sites excluding steroid dienone is 1. The molecule has 0 amide bonds. The molecule has 1 rings (SSSR count). The molecule has 1 aliphatic rings. The summed E-state index contributed by atoms with van der Waals surface area (Å²) in [7, 11) is 0. The Morgan fingerprint density at radius 2 is 2.20 bits per heavy atom. The Morgan fingerprint density at radius 3 is 2.50 bits per heavy atom. The lowest BCUT2D eigenvalue weighted by Crippen LogP contribution is -1.87. The second-order valence-electron chi connectivity index (χ2n) is 3.11. The Balaban J connectivity index is 2.29. The van der Waals surface area contributed by atoms with Crippen LogP contribution in [0.2, 0.25) is 0 Å². The summed E-state index contributed by atoms with van der Waals surface area (Å²) in [5.41, 5.74) is 0. The molecular formula is C9H16O. The molecule has 1 saturated carbocycles. The van der Waals surface area contributed by atoms with Crippen molar-refractivity contribution in [2.75, 3.05) is 6.61 Å². The first-order valence-electron chi connectivity index (χ1n) is 4.08. The van der Waals surface area contributed by atoms with Crippen molar-refractivity contribution < 1.29 is 5.11 Å². The Morgan fingerprint density at radius 1 is 1.50 bits per heavy atom. The van der Waals surface area contributed by atoms with Crippen LogP contribution in [-0.4, -0.2) is 11.7 Å². The number of aliphatic hydroxyl groups excluding tert-OH is 1. The normalized spacial score (nSPS) is 37.6. The van der Waals surface area contributed by atoms with Crippen LogP contribution in [0.1, 0.15) is 19.8 Å². The molecule has 0 saturated heterocycles. The molecule has 0 unspecified atom stereocenters. The molecule has 1 aliphatic carbocycles. The summed E-state index contributed by atoms with van der Waals surface area (Å²) < 4.78 is 0. The summed E-state index contributed by atoms with van der Waals surface area (Å²) in [6.07, 6.45) is 4.47. The average Bonchev–Trinajstić information content (AvgIpc) is 2.62. The van der Waals surface area contributed by atoms with Crippen molar-refractivity contribution in [2.45, 2.75) is 19.8 Å². The monoisotopic (exact) mass is 140 g/mol. The van der Waals surface area contributed by atoms with Crippen molar-refractivity contribution in [3.05, 3.63) is 12.7 Å². The van der Waals surface area contributed by atoms with Gasteiger partial charge in [0.15, 0.2) is 0 Å². The molecule has 0 spiro atoms. The largest absolute Gasteiger partial charge is 0.396 e. The minimum absolute atomic E-state index is 0.349. The van der Waals surface area contributed by atoms with Gasteiger partial charge >= 0.3 is 0 Å². The van der Waals surface area contributed by atoms with E-state index in [1.807, 2.05) is 6.08 Å². The number of hydrogen-bond donors (Lipinski definition) is 1. The van der Waals surface area contributed by atoms with Crippen LogP contribution in [-0.2, 0) is 0 Å². The molecule has 0 bridgehead atoms. The van der Waals surface area contributed by atoms with Gasteiger partial charge in [-0.25, -0.2) is 0 Å². The average molecular weight is 140 g/mol. The van der Waals surface area contributed by atoms with Gasteiger partial charge in [-0.3, -0.25) is 0 Å². The van der Waals surface area contributed by atoms with Crippen molar-refractivity contribution in [3.63, 3.8) is 0 Å². The van der Waals surface area contributed by atoms with E-state index in [-0.39, 0.29) is 0 Å². The van der Waals surface area contributed by atoms with Gasteiger partial charge in [0, 0.05) is 6.61 Å². The van der Waals surface area contributed by atoms with Crippen LogP contribution in [0.3, 0.4) is 0 Å². The SMILES string of the molecule is C=C[C@H]1[C@@H](CO)[C@@H]1CCC. The number of rotatable bonds is 4. The molecule has 0 aromatic rings. The molecule has 0 aromatic heterocycles.